The molecule has 1 amide bonds. The standard InChI is InChI=1S/C22H20N4O5S2/c1-25(15-16-5-3-2-4-6-16)33(30,31)20-13-9-18(10-14-20)23-22(32)24-21(27)17-7-11-19(12-8-17)26(28)29/h2-14H,15H2,1H3,(H2,23,24,27,32). The molecule has 0 spiro atoms. The number of nitrogens with zero attached hydrogens (tertiary/aromatic N) is 2. The van der Waals surface area contributed by atoms with Crippen molar-refractivity contribution in [3.8, 4) is 0 Å². The van der Waals surface area contributed by atoms with Gasteiger partial charge in [0.05, 0.1) is 9.82 Å². The number of benzene rings is 3. The molecule has 0 saturated heterocycles. The molecule has 0 heterocycles. The van der Waals surface area contributed by atoms with Crippen LogP contribution in [0, 0.1) is 10.1 Å². The van der Waals surface area contributed by atoms with E-state index in [1.54, 1.807) is 0 Å². The molecular formula is C22H20N4O5S2. The van der Waals surface area contributed by atoms with E-state index in [4.69, 9.17) is 12.2 Å². The maximum atomic E-state index is 12.8. The summed E-state index contributed by atoms with van der Waals surface area (Å²) in [5.41, 5.74) is 1.42. The van der Waals surface area contributed by atoms with Crippen LogP contribution in [0.15, 0.2) is 83.8 Å². The van der Waals surface area contributed by atoms with Crippen LogP contribution in [-0.4, -0.2) is 35.7 Å². The summed E-state index contributed by atoms with van der Waals surface area (Å²) in [7, 11) is -2.18. The van der Waals surface area contributed by atoms with Gasteiger partial charge in [-0.1, -0.05) is 30.3 Å². The molecule has 0 unspecified atom stereocenters. The van der Waals surface area contributed by atoms with Crippen LogP contribution in [0.4, 0.5) is 11.4 Å². The maximum Gasteiger partial charge on any atom is 0.269 e. The van der Waals surface area contributed by atoms with Gasteiger partial charge in [-0.2, -0.15) is 4.31 Å². The molecule has 33 heavy (non-hydrogen) atoms. The Balaban J connectivity index is 1.60. The lowest BCUT2D eigenvalue weighted by atomic mass is 10.2. The summed E-state index contributed by atoms with van der Waals surface area (Å²) in [5.74, 6) is -0.538. The molecular weight excluding hydrogens is 464 g/mol. The fraction of sp³-hybridized carbons (Fsp3) is 0.0909. The molecule has 0 aliphatic rings. The predicted octanol–water partition coefficient (Wildman–Crippen LogP) is 3.54. The van der Waals surface area contributed by atoms with Crippen molar-refractivity contribution in [2.75, 3.05) is 12.4 Å². The minimum atomic E-state index is -3.69. The number of nitrogens with one attached hydrogen (secondary N) is 2. The number of sulfonamides is 1. The Hall–Kier alpha value is -3.67. The van der Waals surface area contributed by atoms with Crippen molar-refractivity contribution in [2.24, 2.45) is 0 Å². The van der Waals surface area contributed by atoms with Gasteiger partial charge < -0.3 is 5.32 Å². The second kappa shape index (κ2) is 10.3. The second-order valence-corrected chi connectivity index (χ2v) is 9.44. The number of non-ortho nitro benzene ring substituents is 1. The number of nitro benzene ring substituents is 1. The summed E-state index contributed by atoms with van der Waals surface area (Å²) in [5, 5.41) is 16.0. The van der Waals surface area contributed by atoms with Crippen LogP contribution in [0.5, 0.6) is 0 Å². The van der Waals surface area contributed by atoms with Crippen LogP contribution in [-0.2, 0) is 16.6 Å². The van der Waals surface area contributed by atoms with Gasteiger partial charge in [-0.15, -0.1) is 0 Å². The monoisotopic (exact) mass is 484 g/mol. The van der Waals surface area contributed by atoms with Crippen LogP contribution in [0.1, 0.15) is 15.9 Å². The van der Waals surface area contributed by atoms with E-state index in [0.717, 1.165) is 5.56 Å². The fourth-order valence-electron chi connectivity index (χ4n) is 2.89. The van der Waals surface area contributed by atoms with E-state index in [-0.39, 0.29) is 27.8 Å². The van der Waals surface area contributed by atoms with E-state index in [1.165, 1.54) is 59.9 Å². The zero-order chi connectivity index (χ0) is 24.0. The Morgan fingerprint density at radius 3 is 2.18 bits per heavy atom. The minimum absolute atomic E-state index is 0.00449. The van der Waals surface area contributed by atoms with Gasteiger partial charge in [0.1, 0.15) is 0 Å². The number of amides is 1. The minimum Gasteiger partial charge on any atom is -0.332 e. The van der Waals surface area contributed by atoms with Gasteiger partial charge in [0.25, 0.3) is 11.6 Å². The third-order valence-corrected chi connectivity index (χ3v) is 6.66. The van der Waals surface area contributed by atoms with Crippen LogP contribution >= 0.6 is 12.2 Å². The SMILES string of the molecule is CN(Cc1ccccc1)S(=O)(=O)c1ccc(NC(=S)NC(=O)c2ccc([N+](=O)[O-])cc2)cc1. The Morgan fingerprint density at radius 1 is 1.00 bits per heavy atom. The first-order valence-electron chi connectivity index (χ1n) is 9.64. The van der Waals surface area contributed by atoms with Crippen LogP contribution < -0.4 is 10.6 Å². The van der Waals surface area contributed by atoms with Gasteiger partial charge in [0.15, 0.2) is 5.11 Å². The lowest BCUT2D eigenvalue weighted by Gasteiger charge is -2.17. The van der Waals surface area contributed by atoms with Crippen molar-refractivity contribution in [2.45, 2.75) is 11.4 Å². The molecule has 0 fully saturated rings. The van der Waals surface area contributed by atoms with Gasteiger partial charge in [-0.25, -0.2) is 8.42 Å². The molecule has 0 radical (unpaired) electrons. The van der Waals surface area contributed by atoms with E-state index in [2.05, 4.69) is 10.6 Å². The third kappa shape index (κ3) is 6.19. The molecule has 3 aromatic carbocycles. The number of thiocarbonyl (C=S) groups is 1. The van der Waals surface area contributed by atoms with Gasteiger partial charge in [-0.3, -0.25) is 20.2 Å². The smallest absolute Gasteiger partial charge is 0.269 e. The quantitative estimate of drug-likeness (QED) is 0.299. The van der Waals surface area contributed by atoms with Gasteiger partial charge >= 0.3 is 0 Å². The normalized spacial score (nSPS) is 11.1. The van der Waals surface area contributed by atoms with Crippen molar-refractivity contribution in [1.82, 2.24) is 9.62 Å². The van der Waals surface area contributed by atoms with E-state index in [9.17, 15) is 23.3 Å². The zero-order valence-electron chi connectivity index (χ0n) is 17.5. The van der Waals surface area contributed by atoms with E-state index >= 15 is 0 Å². The molecule has 170 valence electrons. The number of anilines is 1. The third-order valence-electron chi connectivity index (χ3n) is 4.64. The summed E-state index contributed by atoms with van der Waals surface area (Å²) in [4.78, 5) is 22.5. The first kappa shape index (κ1) is 24.0. The number of carbonyl (C=O) groups is 1. The van der Waals surface area contributed by atoms with Crippen LogP contribution in [0.3, 0.4) is 0 Å². The summed E-state index contributed by atoms with van der Waals surface area (Å²) in [6.07, 6.45) is 0. The molecule has 0 bridgehead atoms. The highest BCUT2D eigenvalue weighted by Gasteiger charge is 2.21. The van der Waals surface area contributed by atoms with E-state index in [0.29, 0.717) is 5.69 Å². The lowest BCUT2D eigenvalue weighted by molar-refractivity contribution is -0.384. The average Bonchev–Trinajstić information content (AvgIpc) is 2.80. The number of hydrogen-bond acceptors (Lipinski definition) is 6. The largest absolute Gasteiger partial charge is 0.332 e. The molecule has 2 N–H and O–H groups in total. The summed E-state index contributed by atoms with van der Waals surface area (Å²) in [6, 6.07) is 20.3. The number of carbonyl (C=O) groups excluding carboxylic acids is 1. The maximum absolute atomic E-state index is 12.8. The van der Waals surface area contributed by atoms with Crippen molar-refractivity contribution in [1.29, 1.82) is 0 Å². The Labute approximate surface area is 196 Å². The highest BCUT2D eigenvalue weighted by Crippen LogP contribution is 2.19. The summed E-state index contributed by atoms with van der Waals surface area (Å²) >= 11 is 5.12. The summed E-state index contributed by atoms with van der Waals surface area (Å²) < 4.78 is 26.9. The van der Waals surface area contributed by atoms with Crippen molar-refractivity contribution < 1.29 is 18.1 Å². The van der Waals surface area contributed by atoms with Gasteiger partial charge in [0.2, 0.25) is 10.0 Å². The fourth-order valence-corrected chi connectivity index (χ4v) is 4.26. The molecule has 0 saturated carbocycles. The zero-order valence-corrected chi connectivity index (χ0v) is 19.1. The Morgan fingerprint density at radius 2 is 1.61 bits per heavy atom. The van der Waals surface area contributed by atoms with Gasteiger partial charge in [0, 0.05) is 37.0 Å². The average molecular weight is 485 g/mol. The second-order valence-electron chi connectivity index (χ2n) is 6.98. The van der Waals surface area contributed by atoms with Crippen LogP contribution in [0.2, 0.25) is 0 Å². The molecule has 0 aliphatic carbocycles. The topological polar surface area (TPSA) is 122 Å². The first-order valence-corrected chi connectivity index (χ1v) is 11.5. The Kier molecular flexibility index (Phi) is 7.48. The van der Waals surface area contributed by atoms with E-state index < -0.39 is 20.9 Å². The molecule has 9 nitrogen and oxygen atoms in total. The van der Waals surface area contributed by atoms with Crippen LogP contribution in [0.25, 0.3) is 0 Å². The number of hydrogen-bond donors (Lipinski definition) is 2. The predicted molar refractivity (Wildman–Crippen MR) is 128 cm³/mol. The van der Waals surface area contributed by atoms with Gasteiger partial charge in [-0.05, 0) is 54.2 Å². The highest BCUT2D eigenvalue weighted by atomic mass is 32.2. The molecule has 0 aromatic heterocycles. The molecule has 11 heteroatoms. The first-order chi connectivity index (χ1) is 15.7. The Bertz CT molecular complexity index is 1260. The molecule has 3 aromatic rings. The molecule has 0 aliphatic heterocycles. The molecule has 0 atom stereocenters. The van der Waals surface area contributed by atoms with Crippen molar-refractivity contribution in [3.63, 3.8) is 0 Å². The van der Waals surface area contributed by atoms with E-state index in [1.807, 2.05) is 30.3 Å². The summed E-state index contributed by atoms with van der Waals surface area (Å²) in [6.45, 7) is 0.238. The highest BCUT2D eigenvalue weighted by molar-refractivity contribution is 7.89. The van der Waals surface area contributed by atoms with Crippen molar-refractivity contribution >= 4 is 44.6 Å². The number of rotatable bonds is 7. The van der Waals surface area contributed by atoms with Crippen molar-refractivity contribution in [3.05, 3.63) is 100 Å². The number of nitro groups is 1. The molecule has 3 rings (SSSR count). The lowest BCUT2D eigenvalue weighted by Crippen LogP contribution is -2.34.